The summed E-state index contributed by atoms with van der Waals surface area (Å²) in [7, 11) is 0. The first-order valence-corrected chi connectivity index (χ1v) is 9.69. The van der Waals surface area contributed by atoms with Crippen molar-refractivity contribution in [2.24, 2.45) is 5.92 Å². The number of amides is 2. The smallest absolute Gasteiger partial charge is 0.488 e. The highest BCUT2D eigenvalue weighted by molar-refractivity contribution is 5.88. The van der Waals surface area contributed by atoms with E-state index in [0.29, 0.717) is 17.5 Å². The van der Waals surface area contributed by atoms with Gasteiger partial charge in [-0.15, -0.1) is 13.2 Å². The Hall–Kier alpha value is -3.50. The molecule has 0 saturated carbocycles. The van der Waals surface area contributed by atoms with E-state index in [9.17, 15) is 22.8 Å². The van der Waals surface area contributed by atoms with Gasteiger partial charge in [-0.05, 0) is 47.7 Å². The average molecular weight is 455 g/mol. The Morgan fingerprint density at radius 1 is 1.12 bits per heavy atom. The van der Waals surface area contributed by atoms with Gasteiger partial charge in [-0.3, -0.25) is 4.79 Å². The minimum absolute atomic E-state index is 0.133. The zero-order valence-electron chi connectivity index (χ0n) is 17.7. The molecule has 0 radical (unpaired) electrons. The van der Waals surface area contributed by atoms with Crippen LogP contribution in [-0.4, -0.2) is 41.1 Å². The van der Waals surface area contributed by atoms with Crippen LogP contribution in [0.1, 0.15) is 27.2 Å². The van der Waals surface area contributed by atoms with Crippen molar-refractivity contribution in [1.29, 1.82) is 0 Å². The van der Waals surface area contributed by atoms with Gasteiger partial charge in [0.1, 0.15) is 12.4 Å². The number of anilines is 1. The molecule has 0 spiro atoms. The van der Waals surface area contributed by atoms with Gasteiger partial charge < -0.3 is 25.2 Å². The first kappa shape index (κ1) is 24.8. The van der Waals surface area contributed by atoms with Crippen LogP contribution in [0.3, 0.4) is 0 Å². The molecule has 1 aromatic heterocycles. The highest BCUT2D eigenvalue weighted by Crippen LogP contribution is 2.36. The van der Waals surface area contributed by atoms with E-state index in [-0.39, 0.29) is 30.0 Å². The molecule has 1 aromatic carbocycles. The van der Waals surface area contributed by atoms with Crippen LogP contribution in [0, 0.1) is 5.92 Å². The van der Waals surface area contributed by atoms with E-state index in [2.05, 4.69) is 20.4 Å². The molecule has 2 aromatic rings. The summed E-state index contributed by atoms with van der Waals surface area (Å²) in [6.45, 7) is 4.89. The molecule has 0 aliphatic heterocycles. The van der Waals surface area contributed by atoms with Crippen LogP contribution >= 0.6 is 0 Å². The number of alkyl halides is 3. The molecule has 0 saturated heterocycles. The summed E-state index contributed by atoms with van der Waals surface area (Å²) in [5.41, 5.74) is 0.862. The van der Waals surface area contributed by atoms with Crippen molar-refractivity contribution < 1.29 is 37.3 Å². The molecular weight excluding hydrogens is 431 g/mol. The van der Waals surface area contributed by atoms with Crippen molar-refractivity contribution in [3.05, 3.63) is 36.5 Å². The molecule has 8 nitrogen and oxygen atoms in total. The van der Waals surface area contributed by atoms with Crippen LogP contribution in [0.25, 0.3) is 11.1 Å². The monoisotopic (exact) mass is 455 g/mol. The maximum atomic E-state index is 13.0. The molecule has 0 fully saturated rings. The lowest BCUT2D eigenvalue weighted by atomic mass is 10.0. The molecule has 0 aliphatic carbocycles. The third kappa shape index (κ3) is 8.32. The lowest BCUT2D eigenvalue weighted by molar-refractivity contribution is -0.275. The number of nitrogens with zero attached hydrogens (tertiary/aromatic N) is 1. The molecule has 0 aliphatic rings. The van der Waals surface area contributed by atoms with Crippen molar-refractivity contribution in [3.63, 3.8) is 0 Å². The van der Waals surface area contributed by atoms with E-state index < -0.39 is 24.2 Å². The normalized spacial score (nSPS) is 12.2. The Bertz CT molecular complexity index is 951. The average Bonchev–Trinajstić information content (AvgIpc) is 2.64. The van der Waals surface area contributed by atoms with Crippen LogP contribution in [0.15, 0.2) is 36.5 Å². The third-order valence-electron chi connectivity index (χ3n) is 4.09. The second-order valence-electron chi connectivity index (χ2n) is 7.41. The maximum absolute atomic E-state index is 13.0. The molecule has 2 rings (SSSR count). The zero-order valence-corrected chi connectivity index (χ0v) is 17.7. The quantitative estimate of drug-likeness (QED) is 0.507. The number of hydrogen-bond acceptors (Lipinski definition) is 5. The summed E-state index contributed by atoms with van der Waals surface area (Å²) in [5.74, 6) is -0.738. The molecule has 174 valence electrons. The molecule has 1 unspecified atom stereocenters. The predicted octanol–water partition coefficient (Wildman–Crippen LogP) is 4.67. The number of rotatable bonds is 9. The highest BCUT2D eigenvalue weighted by Gasteiger charge is 2.33. The Morgan fingerprint density at radius 2 is 1.81 bits per heavy atom. The number of aromatic nitrogens is 1. The lowest BCUT2D eigenvalue weighted by Crippen LogP contribution is -2.39. The Morgan fingerprint density at radius 3 is 2.41 bits per heavy atom. The summed E-state index contributed by atoms with van der Waals surface area (Å²) >= 11 is 0. The number of halogens is 3. The van der Waals surface area contributed by atoms with E-state index in [4.69, 9.17) is 9.84 Å². The first-order valence-electron chi connectivity index (χ1n) is 9.69. The topological polar surface area (TPSA) is 110 Å². The second kappa shape index (κ2) is 10.7. The molecule has 2 amide bonds. The standard InChI is InChI=1S/C21H24F3N3O5/c1-12(2)8-16(27-20(29)30)11-31-17-5-4-14(9-18(17)32-21(22,23)24)15-6-7-25-19(10-15)26-13(3)28/h4-7,9-10,12,16,27H,8,11H2,1-3H3,(H,29,30)(H,25,26,28). The number of carbonyl (C=O) groups excluding carboxylic acids is 1. The molecular formula is C21H24F3N3O5. The minimum atomic E-state index is -4.97. The maximum Gasteiger partial charge on any atom is 0.573 e. The van der Waals surface area contributed by atoms with Gasteiger partial charge in [-0.1, -0.05) is 19.9 Å². The number of carboxylic acid groups (broad SMARTS) is 1. The summed E-state index contributed by atoms with van der Waals surface area (Å²) in [6.07, 6.45) is -4.38. The van der Waals surface area contributed by atoms with Gasteiger partial charge in [0.2, 0.25) is 5.91 Å². The number of benzene rings is 1. The van der Waals surface area contributed by atoms with Crippen molar-refractivity contribution in [1.82, 2.24) is 10.3 Å². The van der Waals surface area contributed by atoms with Crippen molar-refractivity contribution in [2.45, 2.75) is 39.6 Å². The molecule has 11 heteroatoms. The number of nitrogens with one attached hydrogen (secondary N) is 2. The number of ether oxygens (including phenoxy) is 2. The number of hydrogen-bond donors (Lipinski definition) is 3. The summed E-state index contributed by atoms with van der Waals surface area (Å²) in [5, 5.41) is 13.8. The number of carbonyl (C=O) groups is 2. The van der Waals surface area contributed by atoms with Crippen LogP contribution in [0.4, 0.5) is 23.8 Å². The van der Waals surface area contributed by atoms with Crippen molar-refractivity contribution in [2.75, 3.05) is 11.9 Å². The van der Waals surface area contributed by atoms with E-state index in [1.807, 2.05) is 13.8 Å². The SMILES string of the molecule is CC(=O)Nc1cc(-c2ccc(OCC(CC(C)C)NC(=O)O)c(OC(F)(F)F)c2)ccn1. The Labute approximate surface area is 182 Å². The Kier molecular flexibility index (Phi) is 8.27. The van der Waals surface area contributed by atoms with Gasteiger partial charge in [0.05, 0.1) is 6.04 Å². The fourth-order valence-electron chi connectivity index (χ4n) is 2.97. The minimum Gasteiger partial charge on any atom is -0.488 e. The summed E-state index contributed by atoms with van der Waals surface area (Å²) in [4.78, 5) is 26.2. The van der Waals surface area contributed by atoms with Gasteiger partial charge in [-0.2, -0.15) is 0 Å². The first-order chi connectivity index (χ1) is 14.9. The van der Waals surface area contributed by atoms with Crippen molar-refractivity contribution in [3.8, 4) is 22.6 Å². The van der Waals surface area contributed by atoms with E-state index in [1.54, 1.807) is 6.07 Å². The van der Waals surface area contributed by atoms with Gasteiger partial charge in [0.15, 0.2) is 11.5 Å². The van der Waals surface area contributed by atoms with E-state index in [1.165, 1.54) is 31.3 Å². The van der Waals surface area contributed by atoms with Gasteiger partial charge in [-0.25, -0.2) is 9.78 Å². The van der Waals surface area contributed by atoms with E-state index in [0.717, 1.165) is 6.07 Å². The third-order valence-corrected chi connectivity index (χ3v) is 4.09. The van der Waals surface area contributed by atoms with Crippen LogP contribution in [-0.2, 0) is 4.79 Å². The molecule has 1 atom stereocenters. The fourth-order valence-corrected chi connectivity index (χ4v) is 2.97. The second-order valence-corrected chi connectivity index (χ2v) is 7.41. The molecule has 1 heterocycles. The van der Waals surface area contributed by atoms with Gasteiger partial charge in [0.25, 0.3) is 0 Å². The lowest BCUT2D eigenvalue weighted by Gasteiger charge is -2.21. The summed E-state index contributed by atoms with van der Waals surface area (Å²) in [6, 6.07) is 6.43. The van der Waals surface area contributed by atoms with Gasteiger partial charge in [0, 0.05) is 13.1 Å². The van der Waals surface area contributed by atoms with E-state index >= 15 is 0 Å². The molecule has 3 N–H and O–H groups in total. The summed E-state index contributed by atoms with van der Waals surface area (Å²) < 4.78 is 48.6. The molecule has 0 bridgehead atoms. The Balaban J connectivity index is 2.32. The largest absolute Gasteiger partial charge is 0.573 e. The van der Waals surface area contributed by atoms with Gasteiger partial charge >= 0.3 is 12.5 Å². The van der Waals surface area contributed by atoms with Crippen LogP contribution < -0.4 is 20.1 Å². The van der Waals surface area contributed by atoms with Crippen molar-refractivity contribution >= 4 is 17.8 Å². The van der Waals surface area contributed by atoms with Crippen LogP contribution in [0.2, 0.25) is 0 Å². The fraction of sp³-hybridized carbons (Fsp3) is 0.381. The van der Waals surface area contributed by atoms with Crippen LogP contribution in [0.5, 0.6) is 11.5 Å². The predicted molar refractivity (Wildman–Crippen MR) is 111 cm³/mol. The number of pyridine rings is 1. The highest BCUT2D eigenvalue weighted by atomic mass is 19.4. The molecule has 32 heavy (non-hydrogen) atoms. The zero-order chi connectivity index (χ0) is 23.9.